The van der Waals surface area contributed by atoms with E-state index in [1.54, 1.807) is 36.4 Å². The van der Waals surface area contributed by atoms with Crippen molar-refractivity contribution >= 4 is 34.6 Å². The average molecular weight is 385 g/mol. The van der Waals surface area contributed by atoms with E-state index in [1.165, 1.54) is 6.07 Å². The third-order valence-corrected chi connectivity index (χ3v) is 4.95. The number of hydrogen-bond acceptors (Lipinski definition) is 5. The first-order valence-corrected chi connectivity index (χ1v) is 8.86. The summed E-state index contributed by atoms with van der Waals surface area (Å²) in [7, 11) is 0. The van der Waals surface area contributed by atoms with E-state index in [0.717, 1.165) is 0 Å². The Bertz CT molecular complexity index is 917. The second-order valence-electron chi connectivity index (χ2n) is 6.30. The van der Waals surface area contributed by atoms with Crippen molar-refractivity contribution in [2.45, 2.75) is 12.8 Å². The molecule has 138 valence electrons. The van der Waals surface area contributed by atoms with Gasteiger partial charge in [0.1, 0.15) is 11.8 Å². The highest BCUT2D eigenvalue weighted by Gasteiger charge is 2.28. The van der Waals surface area contributed by atoms with Crippen LogP contribution in [0.3, 0.4) is 0 Å². The average Bonchev–Trinajstić information content (AvgIpc) is 2.68. The number of nitriles is 1. The van der Waals surface area contributed by atoms with E-state index in [1.807, 2.05) is 11.0 Å². The molecule has 0 spiro atoms. The van der Waals surface area contributed by atoms with Crippen LogP contribution in [0.4, 0.5) is 17.1 Å². The van der Waals surface area contributed by atoms with Crippen LogP contribution in [0.25, 0.3) is 0 Å². The van der Waals surface area contributed by atoms with Gasteiger partial charge in [-0.25, -0.2) is 0 Å². The first kappa shape index (κ1) is 18.7. The SMILES string of the molecule is N#Cc1ccc(NC(=O)C2CCN(c3ccccc3[N+](=O)[O-])CC2)cc1Cl. The Kier molecular flexibility index (Phi) is 5.57. The van der Waals surface area contributed by atoms with E-state index in [2.05, 4.69) is 5.32 Å². The van der Waals surface area contributed by atoms with Gasteiger partial charge in [-0.15, -0.1) is 0 Å². The van der Waals surface area contributed by atoms with E-state index < -0.39 is 0 Å². The number of hydrogen-bond donors (Lipinski definition) is 1. The quantitative estimate of drug-likeness (QED) is 0.635. The Morgan fingerprint density at radius 2 is 1.96 bits per heavy atom. The van der Waals surface area contributed by atoms with E-state index in [-0.39, 0.29) is 22.4 Å². The Balaban J connectivity index is 1.62. The molecule has 1 aliphatic heterocycles. The van der Waals surface area contributed by atoms with Crippen LogP contribution in [-0.4, -0.2) is 23.9 Å². The second kappa shape index (κ2) is 8.06. The number of para-hydroxylation sites is 2. The summed E-state index contributed by atoms with van der Waals surface area (Å²) >= 11 is 5.99. The summed E-state index contributed by atoms with van der Waals surface area (Å²) in [6, 6.07) is 13.4. The standard InChI is InChI=1S/C19H17ClN4O3/c20-16-11-15(6-5-14(16)12-21)22-19(25)13-7-9-23(10-8-13)17-3-1-2-4-18(17)24(26)27/h1-6,11,13H,7-10H2,(H,22,25). The second-order valence-corrected chi connectivity index (χ2v) is 6.71. The van der Waals surface area contributed by atoms with Gasteiger partial charge < -0.3 is 10.2 Å². The first-order chi connectivity index (χ1) is 13.0. The molecule has 1 amide bonds. The molecular weight excluding hydrogens is 368 g/mol. The molecule has 1 saturated heterocycles. The fourth-order valence-electron chi connectivity index (χ4n) is 3.20. The molecule has 1 N–H and O–H groups in total. The molecule has 0 saturated carbocycles. The van der Waals surface area contributed by atoms with Crippen molar-refractivity contribution in [2.24, 2.45) is 5.92 Å². The van der Waals surface area contributed by atoms with Crippen LogP contribution in [0.2, 0.25) is 5.02 Å². The number of piperidine rings is 1. The maximum absolute atomic E-state index is 12.5. The molecule has 27 heavy (non-hydrogen) atoms. The minimum atomic E-state index is -0.386. The van der Waals surface area contributed by atoms with Crippen LogP contribution in [0.15, 0.2) is 42.5 Å². The van der Waals surface area contributed by atoms with Crippen LogP contribution in [0.5, 0.6) is 0 Å². The van der Waals surface area contributed by atoms with Gasteiger partial charge in [-0.3, -0.25) is 14.9 Å². The summed E-state index contributed by atoms with van der Waals surface area (Å²) in [5.74, 6) is -0.295. The normalized spacial score (nSPS) is 14.4. The molecule has 0 aromatic heterocycles. The number of carbonyl (C=O) groups excluding carboxylic acids is 1. The van der Waals surface area contributed by atoms with Crippen molar-refractivity contribution in [3.63, 3.8) is 0 Å². The predicted octanol–water partition coefficient (Wildman–Crippen LogP) is 3.97. The number of anilines is 2. The zero-order valence-corrected chi connectivity index (χ0v) is 15.1. The monoisotopic (exact) mass is 384 g/mol. The van der Waals surface area contributed by atoms with Gasteiger partial charge in [-0.05, 0) is 37.1 Å². The number of halogens is 1. The maximum Gasteiger partial charge on any atom is 0.292 e. The summed E-state index contributed by atoms with van der Waals surface area (Å²) < 4.78 is 0. The Labute approximate surface area is 161 Å². The summed E-state index contributed by atoms with van der Waals surface area (Å²) in [6.07, 6.45) is 1.20. The topological polar surface area (TPSA) is 99.3 Å². The number of amides is 1. The van der Waals surface area contributed by atoms with Crippen molar-refractivity contribution in [3.8, 4) is 6.07 Å². The number of nitrogens with zero attached hydrogens (tertiary/aromatic N) is 3. The van der Waals surface area contributed by atoms with Crippen molar-refractivity contribution < 1.29 is 9.72 Å². The summed E-state index contributed by atoms with van der Waals surface area (Å²) in [5, 5.41) is 23.2. The molecule has 3 rings (SSSR count). The predicted molar refractivity (Wildman–Crippen MR) is 103 cm³/mol. The van der Waals surface area contributed by atoms with Gasteiger partial charge in [0.2, 0.25) is 5.91 Å². The highest BCUT2D eigenvalue weighted by Crippen LogP contribution is 2.31. The molecule has 0 unspecified atom stereocenters. The lowest BCUT2D eigenvalue weighted by atomic mass is 9.95. The van der Waals surface area contributed by atoms with E-state index >= 15 is 0 Å². The molecule has 0 atom stereocenters. The van der Waals surface area contributed by atoms with Crippen molar-refractivity contribution in [1.29, 1.82) is 5.26 Å². The lowest BCUT2D eigenvalue weighted by molar-refractivity contribution is -0.384. The highest BCUT2D eigenvalue weighted by atomic mass is 35.5. The first-order valence-electron chi connectivity index (χ1n) is 8.48. The largest absolute Gasteiger partial charge is 0.366 e. The molecule has 0 aliphatic carbocycles. The van der Waals surface area contributed by atoms with Crippen LogP contribution < -0.4 is 10.2 Å². The van der Waals surface area contributed by atoms with Crippen LogP contribution in [0.1, 0.15) is 18.4 Å². The third-order valence-electron chi connectivity index (χ3n) is 4.64. The molecule has 2 aromatic rings. The summed E-state index contributed by atoms with van der Waals surface area (Å²) in [6.45, 7) is 1.13. The molecule has 1 heterocycles. The third kappa shape index (κ3) is 4.18. The molecule has 7 nitrogen and oxygen atoms in total. The lowest BCUT2D eigenvalue weighted by Gasteiger charge is -2.32. The molecule has 1 aliphatic rings. The van der Waals surface area contributed by atoms with Crippen LogP contribution in [-0.2, 0) is 4.79 Å². The minimum Gasteiger partial charge on any atom is -0.366 e. The smallest absolute Gasteiger partial charge is 0.292 e. The highest BCUT2D eigenvalue weighted by molar-refractivity contribution is 6.32. The number of nitro groups is 1. The fourth-order valence-corrected chi connectivity index (χ4v) is 3.42. The molecule has 2 aromatic carbocycles. The van der Waals surface area contributed by atoms with Crippen molar-refractivity contribution in [3.05, 3.63) is 63.2 Å². The van der Waals surface area contributed by atoms with Gasteiger partial charge in [0.25, 0.3) is 5.69 Å². The van der Waals surface area contributed by atoms with E-state index in [9.17, 15) is 14.9 Å². The van der Waals surface area contributed by atoms with Gasteiger partial charge >= 0.3 is 0 Å². The molecule has 0 bridgehead atoms. The minimum absolute atomic E-state index is 0.0765. The lowest BCUT2D eigenvalue weighted by Crippen LogP contribution is -2.38. The fraction of sp³-hybridized carbons (Fsp3) is 0.263. The number of nitro benzene ring substituents is 1. The van der Waals surface area contributed by atoms with Gasteiger partial charge in [0.05, 0.1) is 15.5 Å². The Morgan fingerprint density at radius 1 is 1.26 bits per heavy atom. The number of carbonyl (C=O) groups is 1. The maximum atomic E-state index is 12.5. The molecule has 0 radical (unpaired) electrons. The van der Waals surface area contributed by atoms with Gasteiger partial charge in [-0.1, -0.05) is 23.7 Å². The number of benzene rings is 2. The Hall–Kier alpha value is -3.11. The number of rotatable bonds is 4. The van der Waals surface area contributed by atoms with E-state index in [0.29, 0.717) is 47.9 Å². The Morgan fingerprint density at radius 3 is 2.59 bits per heavy atom. The van der Waals surface area contributed by atoms with Gasteiger partial charge in [-0.2, -0.15) is 5.26 Å². The zero-order valence-electron chi connectivity index (χ0n) is 14.4. The van der Waals surface area contributed by atoms with Crippen molar-refractivity contribution in [2.75, 3.05) is 23.3 Å². The number of nitrogens with one attached hydrogen (secondary N) is 1. The van der Waals surface area contributed by atoms with Crippen LogP contribution >= 0.6 is 11.6 Å². The van der Waals surface area contributed by atoms with E-state index in [4.69, 9.17) is 16.9 Å². The molecule has 8 heteroatoms. The van der Waals surface area contributed by atoms with Gasteiger partial charge in [0, 0.05) is 30.8 Å². The summed E-state index contributed by atoms with van der Waals surface area (Å²) in [5.41, 5.74) is 1.56. The summed E-state index contributed by atoms with van der Waals surface area (Å²) in [4.78, 5) is 25.3. The molecular formula is C19H17ClN4O3. The van der Waals surface area contributed by atoms with Gasteiger partial charge in [0.15, 0.2) is 0 Å². The van der Waals surface area contributed by atoms with Crippen LogP contribution in [0, 0.1) is 27.4 Å². The molecule has 1 fully saturated rings. The zero-order chi connectivity index (χ0) is 19.4. The van der Waals surface area contributed by atoms with Crippen molar-refractivity contribution in [1.82, 2.24) is 0 Å².